The summed E-state index contributed by atoms with van der Waals surface area (Å²) in [5.74, 6) is -3.29. The van der Waals surface area contributed by atoms with Crippen molar-refractivity contribution >= 4 is 11.8 Å². The number of carboxylic acids is 1. The molecular weight excluding hydrogens is 232 g/mol. The normalized spacial score (nSPS) is 10.5. The molecule has 2 rings (SSSR count). The third-order valence-electron chi connectivity index (χ3n) is 2.10. The van der Waals surface area contributed by atoms with Crippen LogP contribution in [0.15, 0.2) is 24.3 Å². The highest BCUT2D eigenvalue weighted by Gasteiger charge is 2.13. The molecule has 1 aromatic heterocycles. The maximum Gasteiger partial charge on any atom is 0.356 e. The van der Waals surface area contributed by atoms with Crippen molar-refractivity contribution in [1.82, 2.24) is 9.78 Å². The van der Waals surface area contributed by atoms with Crippen LogP contribution in [-0.2, 0) is 0 Å². The van der Waals surface area contributed by atoms with Crippen LogP contribution >= 0.6 is 0 Å². The van der Waals surface area contributed by atoms with Gasteiger partial charge in [-0.3, -0.25) is 0 Å². The Morgan fingerprint density at radius 3 is 2.53 bits per heavy atom. The van der Waals surface area contributed by atoms with Crippen molar-refractivity contribution in [3.8, 4) is 5.69 Å². The van der Waals surface area contributed by atoms with Crippen molar-refractivity contribution in [2.24, 2.45) is 0 Å². The first-order valence-electron chi connectivity index (χ1n) is 4.53. The molecule has 1 aromatic carbocycles. The quantitative estimate of drug-likeness (QED) is 0.830. The number of rotatable bonds is 2. The highest BCUT2D eigenvalue weighted by Crippen LogP contribution is 2.17. The zero-order valence-corrected chi connectivity index (χ0v) is 8.39. The molecule has 3 N–H and O–H groups in total. The number of nitrogens with two attached hydrogens (primary N) is 1. The number of aromatic nitrogens is 2. The number of carbonyl (C=O) groups is 1. The number of halogens is 2. The van der Waals surface area contributed by atoms with E-state index in [1.54, 1.807) is 0 Å². The van der Waals surface area contributed by atoms with Gasteiger partial charge in [0.2, 0.25) is 0 Å². The van der Waals surface area contributed by atoms with E-state index in [1.165, 1.54) is 6.07 Å². The maximum atomic E-state index is 13.0. The monoisotopic (exact) mass is 239 g/mol. The van der Waals surface area contributed by atoms with E-state index in [2.05, 4.69) is 5.10 Å². The number of hydrogen-bond donors (Lipinski definition) is 2. The Kier molecular flexibility index (Phi) is 2.51. The first-order chi connectivity index (χ1) is 7.99. The van der Waals surface area contributed by atoms with Crippen LogP contribution in [0.3, 0.4) is 0 Å². The van der Waals surface area contributed by atoms with Crippen molar-refractivity contribution in [3.05, 3.63) is 41.6 Å². The summed E-state index contributed by atoms with van der Waals surface area (Å²) >= 11 is 0. The molecule has 17 heavy (non-hydrogen) atoms. The van der Waals surface area contributed by atoms with Gasteiger partial charge in [0.1, 0.15) is 5.82 Å². The van der Waals surface area contributed by atoms with Gasteiger partial charge in [-0.05, 0) is 12.1 Å². The zero-order valence-electron chi connectivity index (χ0n) is 8.39. The average Bonchev–Trinajstić information content (AvgIpc) is 2.65. The summed E-state index contributed by atoms with van der Waals surface area (Å²) in [6.45, 7) is 0. The summed E-state index contributed by atoms with van der Waals surface area (Å²) in [6.07, 6.45) is 0. The highest BCUT2D eigenvalue weighted by molar-refractivity contribution is 5.86. The molecule has 0 saturated heterocycles. The molecule has 2 aromatic rings. The molecule has 0 spiro atoms. The number of benzene rings is 1. The second-order valence-electron chi connectivity index (χ2n) is 3.27. The minimum absolute atomic E-state index is 0.0217. The van der Waals surface area contributed by atoms with Gasteiger partial charge in [-0.15, -0.1) is 0 Å². The molecule has 0 aliphatic carbocycles. The van der Waals surface area contributed by atoms with E-state index in [0.717, 1.165) is 22.9 Å². The number of aromatic carboxylic acids is 1. The van der Waals surface area contributed by atoms with E-state index in [9.17, 15) is 13.6 Å². The first-order valence-corrected chi connectivity index (χ1v) is 4.53. The predicted octanol–water partition coefficient (Wildman–Crippen LogP) is 1.43. The molecule has 0 bridgehead atoms. The number of hydrogen-bond acceptors (Lipinski definition) is 3. The molecule has 0 aliphatic rings. The Balaban J connectivity index is 2.52. The van der Waals surface area contributed by atoms with E-state index in [0.29, 0.717) is 0 Å². The van der Waals surface area contributed by atoms with E-state index in [4.69, 9.17) is 10.8 Å². The lowest BCUT2D eigenvalue weighted by Gasteiger charge is -2.03. The van der Waals surface area contributed by atoms with Gasteiger partial charge < -0.3 is 10.8 Å². The SMILES string of the molecule is Nc1cc(C(=O)O)nn1-c1ccc(F)c(F)c1. The Morgan fingerprint density at radius 2 is 2.00 bits per heavy atom. The fourth-order valence-electron chi connectivity index (χ4n) is 1.32. The molecular formula is C10H7F2N3O2. The third-order valence-corrected chi connectivity index (χ3v) is 2.10. The fraction of sp³-hybridized carbons (Fsp3) is 0. The molecule has 5 nitrogen and oxygen atoms in total. The van der Waals surface area contributed by atoms with Crippen LogP contribution in [0, 0.1) is 11.6 Å². The van der Waals surface area contributed by atoms with E-state index < -0.39 is 17.6 Å². The molecule has 0 atom stereocenters. The molecule has 0 radical (unpaired) electrons. The van der Waals surface area contributed by atoms with Crippen LogP contribution in [0.4, 0.5) is 14.6 Å². The zero-order chi connectivity index (χ0) is 12.6. The molecule has 7 heteroatoms. The lowest BCUT2D eigenvalue weighted by atomic mass is 10.3. The van der Waals surface area contributed by atoms with Gasteiger partial charge in [-0.1, -0.05) is 0 Å². The largest absolute Gasteiger partial charge is 0.476 e. The van der Waals surface area contributed by atoms with E-state index in [-0.39, 0.29) is 17.2 Å². The first kappa shape index (κ1) is 11.1. The molecule has 0 fully saturated rings. The third kappa shape index (κ3) is 1.94. The Morgan fingerprint density at radius 1 is 1.29 bits per heavy atom. The summed E-state index contributed by atoms with van der Waals surface area (Å²) in [6, 6.07) is 4.16. The smallest absolute Gasteiger partial charge is 0.356 e. The van der Waals surface area contributed by atoms with Crippen LogP contribution < -0.4 is 5.73 Å². The van der Waals surface area contributed by atoms with Crippen LogP contribution in [-0.4, -0.2) is 20.9 Å². The lowest BCUT2D eigenvalue weighted by molar-refractivity contribution is 0.0690. The van der Waals surface area contributed by atoms with Crippen molar-refractivity contribution in [2.45, 2.75) is 0 Å². The minimum Gasteiger partial charge on any atom is -0.476 e. The summed E-state index contributed by atoms with van der Waals surface area (Å²) in [5, 5.41) is 12.4. The number of nitrogen functional groups attached to an aromatic ring is 1. The van der Waals surface area contributed by atoms with Crippen LogP contribution in [0.25, 0.3) is 5.69 Å². The molecule has 0 unspecified atom stereocenters. The van der Waals surface area contributed by atoms with Gasteiger partial charge in [-0.25, -0.2) is 18.3 Å². The van der Waals surface area contributed by atoms with Gasteiger partial charge in [0.05, 0.1) is 5.69 Å². The number of nitrogens with zero attached hydrogens (tertiary/aromatic N) is 2. The second-order valence-corrected chi connectivity index (χ2v) is 3.27. The van der Waals surface area contributed by atoms with Gasteiger partial charge in [0, 0.05) is 12.1 Å². The van der Waals surface area contributed by atoms with Crippen LogP contribution in [0.1, 0.15) is 10.5 Å². The fourth-order valence-corrected chi connectivity index (χ4v) is 1.32. The van der Waals surface area contributed by atoms with Crippen molar-refractivity contribution in [1.29, 1.82) is 0 Å². The summed E-state index contributed by atoms with van der Waals surface area (Å²) < 4.78 is 26.7. The summed E-state index contributed by atoms with van der Waals surface area (Å²) in [4.78, 5) is 10.7. The van der Waals surface area contributed by atoms with Gasteiger partial charge >= 0.3 is 5.97 Å². The minimum atomic E-state index is -1.25. The maximum absolute atomic E-state index is 13.0. The topological polar surface area (TPSA) is 81.1 Å². The van der Waals surface area contributed by atoms with Crippen molar-refractivity contribution < 1.29 is 18.7 Å². The molecule has 0 saturated carbocycles. The standard InChI is InChI=1S/C10H7F2N3O2/c11-6-2-1-5(3-7(6)12)15-9(13)4-8(14-15)10(16)17/h1-4H,13H2,(H,16,17). The van der Waals surface area contributed by atoms with Gasteiger partial charge in [0.25, 0.3) is 0 Å². The Bertz CT molecular complexity index is 595. The number of carboxylic acid groups (broad SMARTS) is 1. The Labute approximate surface area is 94.1 Å². The average molecular weight is 239 g/mol. The number of anilines is 1. The van der Waals surface area contributed by atoms with Gasteiger partial charge in [-0.2, -0.15) is 5.10 Å². The van der Waals surface area contributed by atoms with Crippen molar-refractivity contribution in [3.63, 3.8) is 0 Å². The van der Waals surface area contributed by atoms with E-state index >= 15 is 0 Å². The second kappa shape index (κ2) is 3.85. The molecule has 1 heterocycles. The molecule has 0 aliphatic heterocycles. The lowest BCUT2D eigenvalue weighted by Crippen LogP contribution is -2.04. The van der Waals surface area contributed by atoms with Crippen molar-refractivity contribution in [2.75, 3.05) is 5.73 Å². The highest BCUT2D eigenvalue weighted by atomic mass is 19.2. The molecule has 88 valence electrons. The summed E-state index contributed by atoms with van der Waals surface area (Å²) in [7, 11) is 0. The summed E-state index contributed by atoms with van der Waals surface area (Å²) in [5.41, 5.74) is 5.40. The van der Waals surface area contributed by atoms with E-state index in [1.807, 2.05) is 0 Å². The Hall–Kier alpha value is -2.44. The van der Waals surface area contributed by atoms with Gasteiger partial charge in [0.15, 0.2) is 17.3 Å². The molecule has 0 amide bonds. The van der Waals surface area contributed by atoms with Crippen LogP contribution in [0.5, 0.6) is 0 Å². The van der Waals surface area contributed by atoms with Crippen LogP contribution in [0.2, 0.25) is 0 Å². The predicted molar refractivity (Wildman–Crippen MR) is 54.9 cm³/mol.